The number of nitrogens with zero attached hydrogens (tertiary/aromatic N) is 2. The van der Waals surface area contributed by atoms with Crippen LogP contribution in [0, 0.1) is 0 Å². The lowest BCUT2D eigenvalue weighted by atomic mass is 10.2. The lowest BCUT2D eigenvalue weighted by Gasteiger charge is -2.18. The lowest BCUT2D eigenvalue weighted by molar-refractivity contribution is -0.132. The van der Waals surface area contributed by atoms with Crippen LogP contribution in [-0.4, -0.2) is 47.9 Å². The molecule has 2 heterocycles. The third kappa shape index (κ3) is 6.17. The number of rotatable bonds is 5. The second kappa shape index (κ2) is 10.4. The van der Waals surface area contributed by atoms with Crippen molar-refractivity contribution < 1.29 is 9.59 Å². The van der Waals surface area contributed by atoms with Crippen LogP contribution in [0.25, 0.3) is 0 Å². The molecule has 1 aromatic rings. The van der Waals surface area contributed by atoms with Gasteiger partial charge in [-0.25, -0.2) is 0 Å². The third-order valence-electron chi connectivity index (χ3n) is 3.39. The number of pyridine rings is 1. The normalized spacial score (nSPS) is 16.1. The zero-order valence-corrected chi connectivity index (χ0v) is 14.1. The molecule has 2 N–H and O–H groups in total. The van der Waals surface area contributed by atoms with Crippen LogP contribution in [0.15, 0.2) is 24.5 Å². The second-order valence-corrected chi connectivity index (χ2v) is 4.97. The predicted octanol–water partition coefficient (Wildman–Crippen LogP) is 0.752. The summed E-state index contributed by atoms with van der Waals surface area (Å²) in [7, 11) is 1.72. The van der Waals surface area contributed by atoms with Crippen LogP contribution in [-0.2, 0) is 16.1 Å². The number of hydrogen-bond donors (Lipinski definition) is 2. The van der Waals surface area contributed by atoms with Crippen molar-refractivity contribution >= 4 is 36.6 Å². The SMILES string of the molecule is CN(Cc1ccncc1)C(=O)CNC(=O)C1CCCN1.Cl.Cl. The minimum Gasteiger partial charge on any atom is -0.346 e. The molecule has 1 unspecified atom stereocenters. The molecule has 1 saturated heterocycles. The summed E-state index contributed by atoms with van der Waals surface area (Å²) in [5, 5.41) is 5.79. The van der Waals surface area contributed by atoms with Gasteiger partial charge in [-0.1, -0.05) is 0 Å². The van der Waals surface area contributed by atoms with E-state index in [1.54, 1.807) is 24.3 Å². The van der Waals surface area contributed by atoms with E-state index < -0.39 is 0 Å². The summed E-state index contributed by atoms with van der Waals surface area (Å²) < 4.78 is 0. The van der Waals surface area contributed by atoms with Gasteiger partial charge in [0.05, 0.1) is 12.6 Å². The highest BCUT2D eigenvalue weighted by Crippen LogP contribution is 2.04. The molecule has 1 aromatic heterocycles. The average molecular weight is 349 g/mol. The Balaban J connectivity index is 0.00000220. The van der Waals surface area contributed by atoms with Crippen molar-refractivity contribution in [1.82, 2.24) is 20.5 Å². The van der Waals surface area contributed by atoms with Crippen molar-refractivity contribution in [1.29, 1.82) is 0 Å². The highest BCUT2D eigenvalue weighted by molar-refractivity contribution is 5.87. The fourth-order valence-electron chi connectivity index (χ4n) is 2.18. The van der Waals surface area contributed by atoms with Gasteiger partial charge in [-0.3, -0.25) is 14.6 Å². The Bertz CT molecular complexity index is 467. The highest BCUT2D eigenvalue weighted by Gasteiger charge is 2.22. The van der Waals surface area contributed by atoms with E-state index in [1.807, 2.05) is 12.1 Å². The Kier molecular flexibility index (Phi) is 9.73. The Morgan fingerprint density at radius 3 is 2.64 bits per heavy atom. The van der Waals surface area contributed by atoms with Crippen LogP contribution in [0.1, 0.15) is 18.4 Å². The van der Waals surface area contributed by atoms with Gasteiger partial charge < -0.3 is 15.5 Å². The van der Waals surface area contributed by atoms with Crippen molar-refractivity contribution in [2.24, 2.45) is 0 Å². The van der Waals surface area contributed by atoms with Crippen LogP contribution < -0.4 is 10.6 Å². The molecule has 6 nitrogen and oxygen atoms in total. The number of halogens is 2. The maximum atomic E-state index is 11.9. The van der Waals surface area contributed by atoms with Crippen molar-refractivity contribution in [3.8, 4) is 0 Å². The van der Waals surface area contributed by atoms with Gasteiger partial charge in [0.2, 0.25) is 11.8 Å². The van der Waals surface area contributed by atoms with E-state index in [-0.39, 0.29) is 49.2 Å². The molecule has 0 aliphatic carbocycles. The minimum absolute atomic E-state index is 0. The van der Waals surface area contributed by atoms with Crippen molar-refractivity contribution in [2.75, 3.05) is 20.1 Å². The molecule has 0 aromatic carbocycles. The quantitative estimate of drug-likeness (QED) is 0.823. The number of aromatic nitrogens is 1. The smallest absolute Gasteiger partial charge is 0.242 e. The molecule has 2 rings (SSSR count). The van der Waals surface area contributed by atoms with Crippen LogP contribution in [0.4, 0.5) is 0 Å². The zero-order chi connectivity index (χ0) is 14.4. The van der Waals surface area contributed by atoms with Crippen LogP contribution in [0.5, 0.6) is 0 Å². The molecule has 1 fully saturated rings. The van der Waals surface area contributed by atoms with Crippen LogP contribution >= 0.6 is 24.8 Å². The number of likely N-dealkylation sites (N-methyl/N-ethyl adjacent to an activating group) is 1. The van der Waals surface area contributed by atoms with Gasteiger partial charge in [0, 0.05) is 26.0 Å². The molecule has 1 atom stereocenters. The summed E-state index contributed by atoms with van der Waals surface area (Å²) in [4.78, 5) is 29.2. The summed E-state index contributed by atoms with van der Waals surface area (Å²) in [6.45, 7) is 1.42. The number of hydrogen-bond acceptors (Lipinski definition) is 4. The van der Waals surface area contributed by atoms with Crippen molar-refractivity contribution in [2.45, 2.75) is 25.4 Å². The average Bonchev–Trinajstić information content (AvgIpc) is 2.99. The summed E-state index contributed by atoms with van der Waals surface area (Å²) in [6, 6.07) is 3.59. The molecule has 22 heavy (non-hydrogen) atoms. The van der Waals surface area contributed by atoms with Crippen molar-refractivity contribution in [3.63, 3.8) is 0 Å². The van der Waals surface area contributed by atoms with Crippen LogP contribution in [0.3, 0.4) is 0 Å². The Morgan fingerprint density at radius 1 is 1.36 bits per heavy atom. The molecular formula is C14H22Cl2N4O2. The second-order valence-electron chi connectivity index (χ2n) is 4.97. The van der Waals surface area contributed by atoms with Gasteiger partial charge in [-0.15, -0.1) is 24.8 Å². The Labute approximate surface area is 142 Å². The molecule has 0 bridgehead atoms. The van der Waals surface area contributed by atoms with Gasteiger partial charge in [0.1, 0.15) is 0 Å². The summed E-state index contributed by atoms with van der Waals surface area (Å²) in [5.41, 5.74) is 1.01. The molecule has 124 valence electrons. The first kappa shape index (κ1) is 20.6. The molecule has 0 spiro atoms. The van der Waals surface area contributed by atoms with Crippen molar-refractivity contribution in [3.05, 3.63) is 30.1 Å². The minimum atomic E-state index is -0.145. The number of nitrogens with one attached hydrogen (secondary N) is 2. The molecule has 0 saturated carbocycles. The third-order valence-corrected chi connectivity index (χ3v) is 3.39. The summed E-state index contributed by atoms with van der Waals surface area (Å²) >= 11 is 0. The van der Waals surface area contributed by atoms with Crippen LogP contribution in [0.2, 0.25) is 0 Å². The zero-order valence-electron chi connectivity index (χ0n) is 12.4. The predicted molar refractivity (Wildman–Crippen MR) is 89.2 cm³/mol. The number of carbonyl (C=O) groups is 2. The van der Waals surface area contributed by atoms with E-state index in [0.717, 1.165) is 24.9 Å². The molecule has 8 heteroatoms. The van der Waals surface area contributed by atoms with E-state index in [9.17, 15) is 9.59 Å². The number of carbonyl (C=O) groups excluding carboxylic acids is 2. The standard InChI is InChI=1S/C14H20N4O2.2ClH/c1-18(10-11-4-7-15-8-5-11)13(19)9-17-14(20)12-3-2-6-16-12;;/h4-5,7-8,12,16H,2-3,6,9-10H2,1H3,(H,17,20);2*1H. The first-order valence-electron chi connectivity index (χ1n) is 6.81. The van der Waals surface area contributed by atoms with E-state index in [4.69, 9.17) is 0 Å². The van der Waals surface area contributed by atoms with E-state index >= 15 is 0 Å². The summed E-state index contributed by atoms with van der Waals surface area (Å²) in [6.07, 6.45) is 5.24. The Hall–Kier alpha value is -1.37. The van der Waals surface area contributed by atoms with Gasteiger partial charge in [0.25, 0.3) is 0 Å². The highest BCUT2D eigenvalue weighted by atomic mass is 35.5. The molecule has 0 radical (unpaired) electrons. The van der Waals surface area contributed by atoms with Gasteiger partial charge >= 0.3 is 0 Å². The summed E-state index contributed by atoms with van der Waals surface area (Å²) in [5.74, 6) is -0.193. The fraction of sp³-hybridized carbons (Fsp3) is 0.500. The topological polar surface area (TPSA) is 74.3 Å². The maximum Gasteiger partial charge on any atom is 0.242 e. The molecular weight excluding hydrogens is 327 g/mol. The lowest BCUT2D eigenvalue weighted by Crippen LogP contribution is -2.44. The van der Waals surface area contributed by atoms with Gasteiger partial charge in [0.15, 0.2) is 0 Å². The molecule has 1 aliphatic rings. The van der Waals surface area contributed by atoms with E-state index in [1.165, 1.54) is 0 Å². The monoisotopic (exact) mass is 348 g/mol. The van der Waals surface area contributed by atoms with Gasteiger partial charge in [-0.05, 0) is 37.1 Å². The molecule has 1 aliphatic heterocycles. The Morgan fingerprint density at radius 2 is 2.05 bits per heavy atom. The van der Waals surface area contributed by atoms with E-state index in [2.05, 4.69) is 15.6 Å². The fourth-order valence-corrected chi connectivity index (χ4v) is 2.18. The van der Waals surface area contributed by atoms with Gasteiger partial charge in [-0.2, -0.15) is 0 Å². The first-order chi connectivity index (χ1) is 9.66. The molecule has 2 amide bonds. The number of amides is 2. The van der Waals surface area contributed by atoms with E-state index in [0.29, 0.717) is 6.54 Å². The first-order valence-corrected chi connectivity index (χ1v) is 6.81. The maximum absolute atomic E-state index is 11.9. The largest absolute Gasteiger partial charge is 0.346 e.